The Labute approximate surface area is 116 Å². The maximum atomic E-state index is 13.4. The normalized spacial score (nSPS) is 11.1. The van der Waals surface area contributed by atoms with Crippen molar-refractivity contribution in [2.45, 2.75) is 6.54 Å². The van der Waals surface area contributed by atoms with Gasteiger partial charge in [0.05, 0.1) is 5.69 Å². The minimum absolute atomic E-state index is 0.293. The highest BCUT2D eigenvalue weighted by molar-refractivity contribution is 7.90. The maximum Gasteiger partial charge on any atom is 0.296 e. The molecule has 0 aromatic heterocycles. The van der Waals surface area contributed by atoms with Crippen LogP contribution in [-0.4, -0.2) is 8.42 Å². The first-order chi connectivity index (χ1) is 9.44. The molecule has 2 aromatic rings. The molecular weight excluding hydrogens is 281 g/mol. The molecule has 0 spiro atoms. The minimum atomic E-state index is -3.81. The summed E-state index contributed by atoms with van der Waals surface area (Å²) in [7, 11) is -3.81. The van der Waals surface area contributed by atoms with Gasteiger partial charge in [-0.05, 0) is 24.3 Å². The van der Waals surface area contributed by atoms with Crippen LogP contribution in [-0.2, 0) is 16.8 Å². The van der Waals surface area contributed by atoms with Gasteiger partial charge in [-0.1, -0.05) is 24.3 Å². The number of anilines is 2. The van der Waals surface area contributed by atoms with Crippen molar-refractivity contribution in [1.82, 2.24) is 0 Å². The topological polar surface area (TPSA) is 84.2 Å². The molecule has 5 nitrogen and oxygen atoms in total. The van der Waals surface area contributed by atoms with Gasteiger partial charge in [-0.2, -0.15) is 8.42 Å². The summed E-state index contributed by atoms with van der Waals surface area (Å²) in [6.45, 7) is 0.297. The molecule has 0 bridgehead atoms. The van der Waals surface area contributed by atoms with Crippen LogP contribution < -0.4 is 15.2 Å². The molecule has 4 N–H and O–H groups in total. The Balaban J connectivity index is 2.07. The molecule has 0 aliphatic carbocycles. The van der Waals surface area contributed by atoms with Crippen molar-refractivity contribution in [2.24, 2.45) is 5.14 Å². The summed E-state index contributed by atoms with van der Waals surface area (Å²) < 4.78 is 37.5. The van der Waals surface area contributed by atoms with E-state index in [1.54, 1.807) is 42.5 Å². The zero-order chi connectivity index (χ0) is 14.6. The quantitative estimate of drug-likeness (QED) is 0.789. The molecule has 106 valence electrons. The van der Waals surface area contributed by atoms with Crippen LogP contribution >= 0.6 is 0 Å². The largest absolute Gasteiger partial charge is 0.381 e. The molecule has 7 heteroatoms. The third-order valence-electron chi connectivity index (χ3n) is 2.56. The van der Waals surface area contributed by atoms with Crippen molar-refractivity contribution in [2.75, 3.05) is 10.0 Å². The van der Waals surface area contributed by atoms with Crippen molar-refractivity contribution in [3.63, 3.8) is 0 Å². The van der Waals surface area contributed by atoms with Crippen LogP contribution in [0.4, 0.5) is 15.8 Å². The minimum Gasteiger partial charge on any atom is -0.381 e. The van der Waals surface area contributed by atoms with E-state index in [0.29, 0.717) is 23.5 Å². The van der Waals surface area contributed by atoms with E-state index in [2.05, 4.69) is 10.0 Å². The van der Waals surface area contributed by atoms with E-state index >= 15 is 0 Å². The smallest absolute Gasteiger partial charge is 0.296 e. The molecular formula is C13H14FN3O2S. The fourth-order valence-electron chi connectivity index (χ4n) is 1.70. The van der Waals surface area contributed by atoms with Crippen LogP contribution in [0.5, 0.6) is 0 Å². The SMILES string of the molecule is NS(=O)(=O)Nc1cccc(NCc2ccccc2F)c1. The van der Waals surface area contributed by atoms with E-state index in [1.165, 1.54) is 6.07 Å². The fourth-order valence-corrected chi connectivity index (χ4v) is 2.15. The van der Waals surface area contributed by atoms with E-state index in [4.69, 9.17) is 5.14 Å². The van der Waals surface area contributed by atoms with Crippen LogP contribution in [0.2, 0.25) is 0 Å². The Bertz CT molecular complexity index is 704. The van der Waals surface area contributed by atoms with Gasteiger partial charge in [0.25, 0.3) is 10.2 Å². The number of hydrogen-bond acceptors (Lipinski definition) is 3. The number of nitrogens with two attached hydrogens (primary N) is 1. The van der Waals surface area contributed by atoms with Gasteiger partial charge < -0.3 is 5.32 Å². The summed E-state index contributed by atoms with van der Waals surface area (Å²) in [5.41, 5.74) is 1.52. The standard InChI is InChI=1S/C13H14FN3O2S/c14-13-7-2-1-4-10(13)9-16-11-5-3-6-12(8-11)17-20(15,18)19/h1-8,16-17H,9H2,(H2,15,18,19). The molecule has 0 heterocycles. The Kier molecular flexibility index (Phi) is 4.21. The lowest BCUT2D eigenvalue weighted by Gasteiger charge is -2.09. The molecule has 0 aliphatic heterocycles. The monoisotopic (exact) mass is 295 g/mol. The average Bonchev–Trinajstić information content (AvgIpc) is 2.36. The zero-order valence-corrected chi connectivity index (χ0v) is 11.3. The van der Waals surface area contributed by atoms with Crippen LogP contribution in [0.3, 0.4) is 0 Å². The lowest BCUT2D eigenvalue weighted by molar-refractivity contribution is 0.603. The predicted octanol–water partition coefficient (Wildman–Crippen LogP) is 2.05. The molecule has 0 radical (unpaired) electrons. The number of nitrogens with one attached hydrogen (secondary N) is 2. The summed E-state index contributed by atoms with van der Waals surface area (Å²) in [6, 6.07) is 13.0. The summed E-state index contributed by atoms with van der Waals surface area (Å²) in [5, 5.41) is 7.91. The molecule has 0 fully saturated rings. The van der Waals surface area contributed by atoms with Gasteiger partial charge in [-0.15, -0.1) is 0 Å². The Morgan fingerprint density at radius 3 is 2.45 bits per heavy atom. The van der Waals surface area contributed by atoms with Crippen molar-refractivity contribution < 1.29 is 12.8 Å². The Morgan fingerprint density at radius 2 is 1.75 bits per heavy atom. The Morgan fingerprint density at radius 1 is 1.05 bits per heavy atom. The lowest BCUT2D eigenvalue weighted by atomic mass is 10.2. The van der Waals surface area contributed by atoms with Gasteiger partial charge in [0, 0.05) is 17.8 Å². The van der Waals surface area contributed by atoms with Crippen LogP contribution in [0.1, 0.15) is 5.56 Å². The Hall–Kier alpha value is -2.12. The van der Waals surface area contributed by atoms with Crippen LogP contribution in [0.15, 0.2) is 48.5 Å². The van der Waals surface area contributed by atoms with E-state index in [1.807, 2.05) is 0 Å². The average molecular weight is 295 g/mol. The molecule has 2 rings (SSSR count). The molecule has 0 atom stereocenters. The molecule has 0 amide bonds. The van der Waals surface area contributed by atoms with E-state index in [9.17, 15) is 12.8 Å². The lowest BCUT2D eigenvalue weighted by Crippen LogP contribution is -2.21. The third kappa shape index (κ3) is 4.22. The highest BCUT2D eigenvalue weighted by Gasteiger charge is 2.04. The summed E-state index contributed by atoms with van der Waals surface area (Å²) in [5.74, 6) is -0.293. The second-order valence-corrected chi connectivity index (χ2v) is 5.47. The second kappa shape index (κ2) is 5.89. The number of hydrogen-bond donors (Lipinski definition) is 3. The molecule has 20 heavy (non-hydrogen) atoms. The highest BCUT2D eigenvalue weighted by Crippen LogP contribution is 2.17. The van der Waals surface area contributed by atoms with E-state index in [-0.39, 0.29) is 5.82 Å². The zero-order valence-electron chi connectivity index (χ0n) is 10.5. The van der Waals surface area contributed by atoms with Gasteiger partial charge in [0.2, 0.25) is 0 Å². The van der Waals surface area contributed by atoms with Gasteiger partial charge in [-0.25, -0.2) is 9.53 Å². The summed E-state index contributed by atoms with van der Waals surface area (Å²) in [4.78, 5) is 0. The first-order valence-corrected chi connectivity index (χ1v) is 7.36. The van der Waals surface area contributed by atoms with Crippen LogP contribution in [0.25, 0.3) is 0 Å². The summed E-state index contributed by atoms with van der Waals surface area (Å²) in [6.07, 6.45) is 0. The van der Waals surface area contributed by atoms with Gasteiger partial charge in [0.15, 0.2) is 0 Å². The van der Waals surface area contributed by atoms with Crippen molar-refractivity contribution >= 4 is 21.6 Å². The second-order valence-electron chi connectivity index (χ2n) is 4.17. The van der Waals surface area contributed by atoms with Gasteiger partial charge >= 0.3 is 0 Å². The van der Waals surface area contributed by atoms with Crippen LogP contribution in [0, 0.1) is 5.82 Å². The maximum absolute atomic E-state index is 13.4. The molecule has 0 aliphatic rings. The van der Waals surface area contributed by atoms with Gasteiger partial charge in [-0.3, -0.25) is 4.72 Å². The van der Waals surface area contributed by atoms with Crippen molar-refractivity contribution in [3.05, 3.63) is 59.9 Å². The molecule has 0 saturated carbocycles. The first kappa shape index (κ1) is 14.3. The van der Waals surface area contributed by atoms with E-state index < -0.39 is 10.2 Å². The van der Waals surface area contributed by atoms with Gasteiger partial charge in [0.1, 0.15) is 5.82 Å². The molecule has 0 saturated heterocycles. The number of rotatable bonds is 5. The molecule has 0 unspecified atom stereocenters. The van der Waals surface area contributed by atoms with E-state index in [0.717, 1.165) is 0 Å². The highest BCUT2D eigenvalue weighted by atomic mass is 32.2. The first-order valence-electron chi connectivity index (χ1n) is 5.82. The van der Waals surface area contributed by atoms with Crippen molar-refractivity contribution in [3.8, 4) is 0 Å². The third-order valence-corrected chi connectivity index (χ3v) is 3.08. The predicted molar refractivity (Wildman–Crippen MR) is 76.9 cm³/mol. The number of halogens is 1. The fraction of sp³-hybridized carbons (Fsp3) is 0.0769. The summed E-state index contributed by atoms with van der Waals surface area (Å²) >= 11 is 0. The molecule has 2 aromatic carbocycles. The number of benzene rings is 2. The van der Waals surface area contributed by atoms with Crippen molar-refractivity contribution in [1.29, 1.82) is 0 Å².